The Hall–Kier alpha value is -1.39. The molecule has 0 bridgehead atoms. The summed E-state index contributed by atoms with van der Waals surface area (Å²) in [6, 6.07) is 9.72. The summed E-state index contributed by atoms with van der Waals surface area (Å²) in [5.74, 6) is -0.422. The summed E-state index contributed by atoms with van der Waals surface area (Å²) in [6.07, 6.45) is 0.655. The van der Waals surface area contributed by atoms with Gasteiger partial charge < -0.3 is 5.32 Å². The van der Waals surface area contributed by atoms with Crippen molar-refractivity contribution in [2.75, 3.05) is 6.54 Å². The van der Waals surface area contributed by atoms with Crippen LogP contribution < -0.4 is 5.32 Å². The first kappa shape index (κ1) is 16.0. The lowest BCUT2D eigenvalue weighted by Gasteiger charge is -2.08. The third kappa shape index (κ3) is 4.29. The fraction of sp³-hybridized carbons (Fsp3) is 0.188. The highest BCUT2D eigenvalue weighted by Gasteiger charge is 2.08. The number of nitrogens with one attached hydrogen (secondary N) is 1. The molecule has 0 aromatic heterocycles. The second-order valence-corrected chi connectivity index (χ2v) is 5.97. The van der Waals surface area contributed by atoms with Crippen LogP contribution in [0.5, 0.6) is 0 Å². The normalized spacial score (nSPS) is 10.5. The first-order valence-corrected chi connectivity index (χ1v) is 7.63. The van der Waals surface area contributed by atoms with Gasteiger partial charge in [0.15, 0.2) is 0 Å². The van der Waals surface area contributed by atoms with Crippen molar-refractivity contribution in [2.45, 2.75) is 13.3 Å². The molecular weight excluding hydrogens is 357 g/mol. The minimum absolute atomic E-state index is 0.177. The van der Waals surface area contributed by atoms with Crippen LogP contribution in [0, 0.1) is 12.7 Å². The summed E-state index contributed by atoms with van der Waals surface area (Å²) in [7, 11) is 0. The average molecular weight is 371 g/mol. The Morgan fingerprint density at radius 1 is 1.29 bits per heavy atom. The molecule has 1 N–H and O–H groups in total. The molecule has 110 valence electrons. The van der Waals surface area contributed by atoms with E-state index in [2.05, 4.69) is 21.2 Å². The fourth-order valence-electron chi connectivity index (χ4n) is 1.99. The molecule has 2 aromatic carbocycles. The van der Waals surface area contributed by atoms with Gasteiger partial charge in [0.1, 0.15) is 5.82 Å². The third-order valence-electron chi connectivity index (χ3n) is 3.17. The molecule has 0 heterocycles. The summed E-state index contributed by atoms with van der Waals surface area (Å²) in [5.41, 5.74) is 2.42. The second-order valence-electron chi connectivity index (χ2n) is 4.71. The molecule has 0 aliphatic carbocycles. The van der Waals surface area contributed by atoms with Crippen molar-refractivity contribution >= 4 is 33.4 Å². The molecule has 0 unspecified atom stereocenters. The van der Waals surface area contributed by atoms with E-state index < -0.39 is 0 Å². The standard InChI is InChI=1S/C16H14BrClFNO/c1-10-8-13(19)4-2-11(10)6-7-20-16(21)12-3-5-14(17)15(18)9-12/h2-5,8-9H,6-7H2,1H3,(H,20,21). The summed E-state index contributed by atoms with van der Waals surface area (Å²) < 4.78 is 13.8. The highest BCUT2D eigenvalue weighted by Crippen LogP contribution is 2.23. The van der Waals surface area contributed by atoms with Crippen LogP contribution in [0.4, 0.5) is 4.39 Å². The van der Waals surface area contributed by atoms with E-state index >= 15 is 0 Å². The molecule has 0 atom stereocenters. The van der Waals surface area contributed by atoms with E-state index in [1.54, 1.807) is 24.3 Å². The smallest absolute Gasteiger partial charge is 0.251 e. The lowest BCUT2D eigenvalue weighted by Crippen LogP contribution is -2.25. The summed E-state index contributed by atoms with van der Waals surface area (Å²) in [4.78, 5) is 12.0. The molecule has 0 radical (unpaired) electrons. The average Bonchev–Trinajstić information content (AvgIpc) is 2.44. The lowest BCUT2D eigenvalue weighted by atomic mass is 10.1. The van der Waals surface area contributed by atoms with Gasteiger partial charge in [0.05, 0.1) is 5.02 Å². The topological polar surface area (TPSA) is 29.1 Å². The molecule has 0 aliphatic rings. The van der Waals surface area contributed by atoms with Crippen LogP contribution in [-0.4, -0.2) is 12.5 Å². The quantitative estimate of drug-likeness (QED) is 0.842. The zero-order valence-electron chi connectivity index (χ0n) is 11.4. The largest absolute Gasteiger partial charge is 0.352 e. The first-order valence-electron chi connectivity index (χ1n) is 6.45. The monoisotopic (exact) mass is 369 g/mol. The molecule has 21 heavy (non-hydrogen) atoms. The Kier molecular flexibility index (Phi) is 5.37. The predicted molar refractivity (Wildman–Crippen MR) is 86.3 cm³/mol. The van der Waals surface area contributed by atoms with Crippen molar-refractivity contribution in [1.82, 2.24) is 5.32 Å². The minimum atomic E-state index is -0.246. The van der Waals surface area contributed by atoms with E-state index in [1.165, 1.54) is 12.1 Å². The van der Waals surface area contributed by atoms with Crippen molar-refractivity contribution in [3.05, 3.63) is 68.4 Å². The number of aryl methyl sites for hydroxylation is 1. The van der Waals surface area contributed by atoms with Gasteiger partial charge in [-0.05, 0) is 70.7 Å². The van der Waals surface area contributed by atoms with Crippen LogP contribution in [0.25, 0.3) is 0 Å². The van der Waals surface area contributed by atoms with Crippen molar-refractivity contribution in [3.63, 3.8) is 0 Å². The SMILES string of the molecule is Cc1cc(F)ccc1CCNC(=O)c1ccc(Br)c(Cl)c1. The molecule has 1 amide bonds. The number of halogens is 3. The Balaban J connectivity index is 1.93. The van der Waals surface area contributed by atoms with E-state index in [0.29, 0.717) is 23.6 Å². The minimum Gasteiger partial charge on any atom is -0.352 e. The zero-order valence-corrected chi connectivity index (χ0v) is 13.8. The van der Waals surface area contributed by atoms with Crippen molar-refractivity contribution in [1.29, 1.82) is 0 Å². The number of benzene rings is 2. The van der Waals surface area contributed by atoms with E-state index in [-0.39, 0.29) is 11.7 Å². The zero-order chi connectivity index (χ0) is 15.4. The van der Waals surface area contributed by atoms with Crippen molar-refractivity contribution in [3.8, 4) is 0 Å². The number of carbonyl (C=O) groups excluding carboxylic acids is 1. The van der Waals surface area contributed by atoms with Crippen LogP contribution in [0.1, 0.15) is 21.5 Å². The Morgan fingerprint density at radius 3 is 2.71 bits per heavy atom. The molecule has 0 spiro atoms. The maximum atomic E-state index is 13.0. The molecule has 2 aromatic rings. The van der Waals surface area contributed by atoms with Crippen LogP contribution >= 0.6 is 27.5 Å². The maximum absolute atomic E-state index is 13.0. The number of hydrogen-bond donors (Lipinski definition) is 1. The molecule has 5 heteroatoms. The maximum Gasteiger partial charge on any atom is 0.251 e. The predicted octanol–water partition coefficient (Wildman–Crippen LogP) is 4.52. The van der Waals surface area contributed by atoms with Crippen LogP contribution in [-0.2, 0) is 6.42 Å². The Bertz CT molecular complexity index is 675. The summed E-state index contributed by atoms with van der Waals surface area (Å²) >= 11 is 9.24. The fourth-order valence-corrected chi connectivity index (χ4v) is 2.42. The highest BCUT2D eigenvalue weighted by atomic mass is 79.9. The Labute approximate surface area is 136 Å². The van der Waals surface area contributed by atoms with E-state index in [9.17, 15) is 9.18 Å². The van der Waals surface area contributed by atoms with Crippen molar-refractivity contribution < 1.29 is 9.18 Å². The van der Waals surface area contributed by atoms with Gasteiger partial charge >= 0.3 is 0 Å². The molecule has 0 saturated heterocycles. The van der Waals surface area contributed by atoms with Gasteiger partial charge in [-0.2, -0.15) is 0 Å². The highest BCUT2D eigenvalue weighted by molar-refractivity contribution is 9.10. The molecule has 0 fully saturated rings. The summed E-state index contributed by atoms with van der Waals surface area (Å²) in [6.45, 7) is 2.34. The van der Waals surface area contributed by atoms with Crippen LogP contribution in [0.3, 0.4) is 0 Å². The summed E-state index contributed by atoms with van der Waals surface area (Å²) in [5, 5.41) is 3.33. The number of carbonyl (C=O) groups is 1. The van der Waals surface area contributed by atoms with Gasteiger partial charge in [-0.3, -0.25) is 4.79 Å². The molecule has 0 saturated carbocycles. The van der Waals surface area contributed by atoms with Crippen LogP contribution in [0.15, 0.2) is 40.9 Å². The van der Waals surface area contributed by atoms with E-state index in [1.807, 2.05) is 6.92 Å². The number of hydrogen-bond acceptors (Lipinski definition) is 1. The van der Waals surface area contributed by atoms with E-state index in [4.69, 9.17) is 11.6 Å². The van der Waals surface area contributed by atoms with Gasteiger partial charge in [-0.15, -0.1) is 0 Å². The number of amides is 1. The van der Waals surface area contributed by atoms with Gasteiger partial charge in [-0.1, -0.05) is 17.7 Å². The Morgan fingerprint density at radius 2 is 2.05 bits per heavy atom. The van der Waals surface area contributed by atoms with Gasteiger partial charge in [0.2, 0.25) is 0 Å². The first-order chi connectivity index (χ1) is 9.97. The number of rotatable bonds is 4. The van der Waals surface area contributed by atoms with Gasteiger partial charge in [0, 0.05) is 16.6 Å². The molecule has 0 aliphatic heterocycles. The van der Waals surface area contributed by atoms with E-state index in [0.717, 1.165) is 15.6 Å². The molecule has 2 rings (SSSR count). The van der Waals surface area contributed by atoms with Crippen LogP contribution in [0.2, 0.25) is 5.02 Å². The van der Waals surface area contributed by atoms with Gasteiger partial charge in [0.25, 0.3) is 5.91 Å². The molecular formula is C16H14BrClFNO. The molecule has 2 nitrogen and oxygen atoms in total. The lowest BCUT2D eigenvalue weighted by molar-refractivity contribution is 0.0954. The third-order valence-corrected chi connectivity index (χ3v) is 4.40. The van der Waals surface area contributed by atoms with Crippen molar-refractivity contribution in [2.24, 2.45) is 0 Å². The van der Waals surface area contributed by atoms with Gasteiger partial charge in [-0.25, -0.2) is 4.39 Å². The second kappa shape index (κ2) is 7.05.